The number of hydrogen-bond acceptors (Lipinski definition) is 4. The van der Waals surface area contributed by atoms with E-state index in [1.807, 2.05) is 6.92 Å². The van der Waals surface area contributed by atoms with Crippen LogP contribution in [-0.2, 0) is 0 Å². The monoisotopic (exact) mass is 472 g/mol. The lowest BCUT2D eigenvalue weighted by Crippen LogP contribution is -2.49. The van der Waals surface area contributed by atoms with E-state index in [0.29, 0.717) is 0 Å². The van der Waals surface area contributed by atoms with Gasteiger partial charge in [-0.1, -0.05) is 44.3 Å². The number of fused-ring (bicyclic) bond motifs is 3. The maximum Gasteiger partial charge on any atom is 0.209 e. The fourth-order valence-corrected chi connectivity index (χ4v) is 8.77. The largest absolute Gasteiger partial charge is 0.368 e. The van der Waals surface area contributed by atoms with Gasteiger partial charge in [0, 0.05) is 24.2 Å². The molecule has 0 saturated heterocycles. The van der Waals surface area contributed by atoms with E-state index in [1.54, 1.807) is 0 Å². The average molecular weight is 473 g/mol. The Labute approximate surface area is 204 Å². The van der Waals surface area contributed by atoms with Crippen molar-refractivity contribution in [2.24, 2.45) is 11.5 Å². The average Bonchev–Trinajstić information content (AvgIpc) is 3.50. The van der Waals surface area contributed by atoms with Gasteiger partial charge in [-0.05, 0) is 59.1 Å². The van der Waals surface area contributed by atoms with Gasteiger partial charge in [-0.25, -0.2) is 0 Å². The first-order valence-electron chi connectivity index (χ1n) is 12.6. The number of nitrogens with one attached hydrogen (secondary N) is 2. The van der Waals surface area contributed by atoms with Crippen LogP contribution in [0.25, 0.3) is 22.5 Å². The second kappa shape index (κ2) is 8.52. The highest BCUT2D eigenvalue weighted by Gasteiger charge is 2.39. The van der Waals surface area contributed by atoms with Gasteiger partial charge in [0.1, 0.15) is 14.2 Å². The molecule has 2 aromatic carbocycles. The maximum atomic E-state index is 6.21. The topological polar surface area (TPSA) is 79.1 Å². The van der Waals surface area contributed by atoms with E-state index in [-0.39, 0.29) is 18.2 Å². The molecule has 0 spiro atoms. The minimum atomic E-state index is -1.84. The molecule has 0 aromatic heterocycles. The molecule has 3 aliphatic rings. The van der Waals surface area contributed by atoms with Crippen molar-refractivity contribution in [3.63, 3.8) is 0 Å². The Balaban J connectivity index is 1.50. The third-order valence-corrected chi connectivity index (χ3v) is 11.1. The second-order valence-corrected chi connectivity index (χ2v) is 15.0. The zero-order valence-corrected chi connectivity index (χ0v) is 22.1. The number of nitrogens with zero attached hydrogens (tertiary/aromatic N) is 1. The molecule has 34 heavy (non-hydrogen) atoms. The summed E-state index contributed by atoms with van der Waals surface area (Å²) in [6.45, 7) is 12.2. The lowest BCUT2D eigenvalue weighted by Gasteiger charge is -2.21. The number of allylic oxidation sites excluding steroid dienone is 1. The van der Waals surface area contributed by atoms with E-state index in [4.69, 9.17) is 11.5 Å². The van der Waals surface area contributed by atoms with Gasteiger partial charge in [0.2, 0.25) is 5.70 Å². The van der Waals surface area contributed by atoms with Crippen molar-refractivity contribution in [1.82, 2.24) is 10.6 Å². The summed E-state index contributed by atoms with van der Waals surface area (Å²) in [4.78, 5) is 0. The molecular weight excluding hydrogens is 434 g/mol. The maximum absolute atomic E-state index is 6.21. The fourth-order valence-electron chi connectivity index (χ4n) is 5.67. The Morgan fingerprint density at radius 2 is 1.68 bits per heavy atom. The molecule has 0 fully saturated rings. The highest BCUT2D eigenvalue weighted by atomic mass is 28.3. The Kier molecular flexibility index (Phi) is 5.79. The standard InChI is InChI=1S/C28H38N5Si/c1-6-21-9-12-25(33(21)16-17(2)29)20-8-11-23-22-10-7-19(24-15-31-28(32-24)18(3)30)13-26(22)34(4,5)27(23)14-20/h7-8,10-15,17-18,28,31-32H,6,9,16,29-30H2,1-5H3/q+1. The van der Waals surface area contributed by atoms with Crippen molar-refractivity contribution >= 4 is 35.6 Å². The van der Waals surface area contributed by atoms with Gasteiger partial charge in [0.05, 0.1) is 18.2 Å². The van der Waals surface area contributed by atoms with Crippen LogP contribution >= 0.6 is 0 Å². The molecule has 0 saturated carbocycles. The van der Waals surface area contributed by atoms with Crippen LogP contribution in [0.1, 0.15) is 44.7 Å². The molecule has 3 unspecified atom stereocenters. The van der Waals surface area contributed by atoms with Crippen molar-refractivity contribution < 1.29 is 4.58 Å². The van der Waals surface area contributed by atoms with Gasteiger partial charge in [-0.3, -0.25) is 0 Å². The molecule has 6 N–H and O–H groups in total. The van der Waals surface area contributed by atoms with Gasteiger partial charge in [-0.2, -0.15) is 4.58 Å². The number of benzene rings is 2. The minimum absolute atomic E-state index is 0.0360. The molecule has 178 valence electrons. The summed E-state index contributed by atoms with van der Waals surface area (Å²) >= 11 is 0. The molecular formula is C28H38N5Si+. The first-order valence-corrected chi connectivity index (χ1v) is 15.6. The van der Waals surface area contributed by atoms with Crippen molar-refractivity contribution in [2.75, 3.05) is 6.54 Å². The summed E-state index contributed by atoms with van der Waals surface area (Å²) in [5, 5.41) is 9.95. The first kappa shape index (κ1) is 23.1. The molecule has 6 heteroatoms. The normalized spacial score (nSPS) is 21.9. The fraction of sp³-hybridized carbons (Fsp3) is 0.393. The molecule has 3 heterocycles. The summed E-state index contributed by atoms with van der Waals surface area (Å²) in [5.41, 5.74) is 21.6. The van der Waals surface area contributed by atoms with Gasteiger partial charge in [0.25, 0.3) is 0 Å². The van der Waals surface area contributed by atoms with Crippen LogP contribution in [0.15, 0.2) is 48.7 Å². The zero-order valence-electron chi connectivity index (χ0n) is 21.1. The van der Waals surface area contributed by atoms with Crippen LogP contribution in [0.3, 0.4) is 0 Å². The highest BCUT2D eigenvalue weighted by Crippen LogP contribution is 2.33. The molecule has 0 bridgehead atoms. The highest BCUT2D eigenvalue weighted by molar-refractivity contribution is 7.03. The predicted molar refractivity (Wildman–Crippen MR) is 147 cm³/mol. The Morgan fingerprint density at radius 3 is 2.26 bits per heavy atom. The van der Waals surface area contributed by atoms with E-state index < -0.39 is 8.07 Å². The molecule has 5 rings (SSSR count). The van der Waals surface area contributed by atoms with Gasteiger partial charge in [0.15, 0.2) is 12.3 Å². The molecule has 3 atom stereocenters. The Morgan fingerprint density at radius 1 is 1.03 bits per heavy atom. The predicted octanol–water partition coefficient (Wildman–Crippen LogP) is 2.61. The van der Waals surface area contributed by atoms with E-state index in [0.717, 1.165) is 25.1 Å². The minimum Gasteiger partial charge on any atom is -0.368 e. The number of hydrogen-bond donors (Lipinski definition) is 4. The third-order valence-electron chi connectivity index (χ3n) is 7.61. The number of nitrogens with two attached hydrogens (primary N) is 2. The molecule has 0 aliphatic carbocycles. The lowest BCUT2D eigenvalue weighted by molar-refractivity contribution is -0.433. The van der Waals surface area contributed by atoms with E-state index in [9.17, 15) is 0 Å². The SMILES string of the molecule is CCC1=[N+](CC(C)N)C(c2ccc3c(c2)[Si](C)(C)c2cc(C4=CNC(C(C)N)N4)ccc2-3)=CC1. The van der Waals surface area contributed by atoms with Gasteiger partial charge >= 0.3 is 0 Å². The Bertz CT molecular complexity index is 1240. The Hall–Kier alpha value is -2.67. The molecule has 5 nitrogen and oxygen atoms in total. The molecule has 0 amide bonds. The van der Waals surface area contributed by atoms with Crippen molar-refractivity contribution in [3.8, 4) is 11.1 Å². The van der Waals surface area contributed by atoms with Crippen LogP contribution in [0.5, 0.6) is 0 Å². The molecule has 2 aromatic rings. The van der Waals surface area contributed by atoms with Crippen LogP contribution in [0, 0.1) is 0 Å². The number of rotatable bonds is 6. The van der Waals surface area contributed by atoms with Crippen LogP contribution in [0.2, 0.25) is 13.1 Å². The lowest BCUT2D eigenvalue weighted by atomic mass is 10.0. The van der Waals surface area contributed by atoms with E-state index >= 15 is 0 Å². The van der Waals surface area contributed by atoms with Crippen molar-refractivity contribution in [2.45, 2.75) is 65.0 Å². The van der Waals surface area contributed by atoms with Crippen molar-refractivity contribution in [1.29, 1.82) is 0 Å². The quantitative estimate of drug-likeness (QED) is 0.385. The summed E-state index contributed by atoms with van der Waals surface area (Å²) in [6.07, 6.45) is 6.62. The summed E-state index contributed by atoms with van der Waals surface area (Å²) in [7, 11) is -1.84. The summed E-state index contributed by atoms with van der Waals surface area (Å²) in [6, 6.07) is 14.3. The summed E-state index contributed by atoms with van der Waals surface area (Å²) in [5.74, 6) is 0. The molecule has 3 aliphatic heterocycles. The van der Waals surface area contributed by atoms with E-state index in [1.165, 1.54) is 44.0 Å². The molecule has 0 radical (unpaired) electrons. The first-order chi connectivity index (χ1) is 16.2. The van der Waals surface area contributed by atoms with E-state index in [2.05, 4.69) is 90.8 Å². The van der Waals surface area contributed by atoms with Crippen LogP contribution in [-0.4, -0.2) is 43.2 Å². The van der Waals surface area contributed by atoms with Crippen LogP contribution < -0.4 is 32.5 Å². The van der Waals surface area contributed by atoms with Gasteiger partial charge in [-0.15, -0.1) is 0 Å². The van der Waals surface area contributed by atoms with Crippen LogP contribution in [0.4, 0.5) is 0 Å². The zero-order chi connectivity index (χ0) is 24.2. The summed E-state index contributed by atoms with van der Waals surface area (Å²) < 4.78 is 2.46. The third kappa shape index (κ3) is 3.74. The smallest absolute Gasteiger partial charge is 0.209 e. The second-order valence-electron chi connectivity index (χ2n) is 10.7. The van der Waals surface area contributed by atoms with Gasteiger partial charge < -0.3 is 22.1 Å². The van der Waals surface area contributed by atoms with Crippen molar-refractivity contribution in [3.05, 3.63) is 59.8 Å².